The Morgan fingerprint density at radius 1 is 1.22 bits per heavy atom. The van der Waals surface area contributed by atoms with Crippen molar-refractivity contribution in [2.45, 2.75) is 19.1 Å². The molecule has 1 N–H and O–H groups in total. The molecular weight excluding hydrogens is 300 g/mol. The molecule has 0 saturated carbocycles. The van der Waals surface area contributed by atoms with Gasteiger partial charge in [-0.05, 0) is 19.1 Å². The van der Waals surface area contributed by atoms with E-state index in [-0.39, 0.29) is 19.3 Å². The van der Waals surface area contributed by atoms with Crippen molar-refractivity contribution in [3.05, 3.63) is 43.0 Å². The van der Waals surface area contributed by atoms with Gasteiger partial charge in [-0.3, -0.25) is 0 Å². The Bertz CT molecular complexity index is 448. The molecule has 6 nitrogen and oxygen atoms in total. The molecule has 0 spiro atoms. The normalized spacial score (nSPS) is 13.1. The predicted octanol–water partition coefficient (Wildman–Crippen LogP) is 1.58. The second kappa shape index (κ2) is 11.6. The molecule has 0 fully saturated rings. The lowest BCUT2D eigenvalue weighted by Gasteiger charge is -2.15. The van der Waals surface area contributed by atoms with Crippen LogP contribution in [-0.2, 0) is 19.0 Å². The minimum absolute atomic E-state index is 0.0720. The molecule has 0 aliphatic rings. The molecule has 128 valence electrons. The summed E-state index contributed by atoms with van der Waals surface area (Å²) in [5.74, 6) is 0.232. The van der Waals surface area contributed by atoms with Crippen LogP contribution in [0.2, 0.25) is 0 Å². The number of aliphatic hydroxyl groups is 1. The van der Waals surface area contributed by atoms with Crippen LogP contribution in [0, 0.1) is 0 Å². The van der Waals surface area contributed by atoms with E-state index in [2.05, 4.69) is 11.3 Å². The van der Waals surface area contributed by atoms with Gasteiger partial charge >= 0.3 is 5.97 Å². The number of carbonyl (C=O) groups excluding carboxylic acids is 1. The molecule has 1 aromatic rings. The highest BCUT2D eigenvalue weighted by atomic mass is 16.6. The highest BCUT2D eigenvalue weighted by Crippen LogP contribution is 2.09. The first-order valence-corrected chi connectivity index (χ1v) is 7.46. The van der Waals surface area contributed by atoms with E-state index in [0.717, 1.165) is 11.8 Å². The molecule has 23 heavy (non-hydrogen) atoms. The number of rotatable bonds is 12. The summed E-state index contributed by atoms with van der Waals surface area (Å²) < 4.78 is 21.0. The predicted molar refractivity (Wildman–Crippen MR) is 85.3 cm³/mol. The van der Waals surface area contributed by atoms with Crippen molar-refractivity contribution in [3.63, 3.8) is 0 Å². The lowest BCUT2D eigenvalue weighted by molar-refractivity contribution is -0.142. The van der Waals surface area contributed by atoms with Gasteiger partial charge in [0.15, 0.2) is 0 Å². The van der Waals surface area contributed by atoms with Crippen LogP contribution in [0.25, 0.3) is 0 Å². The third-order valence-corrected chi connectivity index (χ3v) is 2.75. The highest BCUT2D eigenvalue weighted by molar-refractivity contribution is 5.81. The molecule has 0 aliphatic heterocycles. The lowest BCUT2D eigenvalue weighted by atomic mass is 10.3. The van der Waals surface area contributed by atoms with Crippen molar-refractivity contribution in [3.8, 4) is 5.75 Å². The zero-order valence-corrected chi connectivity index (χ0v) is 13.3. The van der Waals surface area contributed by atoms with Crippen LogP contribution in [0.4, 0.5) is 0 Å². The first kappa shape index (κ1) is 19.2. The fraction of sp³-hybridized carbons (Fsp3) is 0.471. The summed E-state index contributed by atoms with van der Waals surface area (Å²) in [5, 5.41) is 9.52. The van der Waals surface area contributed by atoms with E-state index in [0.29, 0.717) is 19.8 Å². The molecule has 0 aromatic heterocycles. The third kappa shape index (κ3) is 9.67. The Morgan fingerprint density at radius 2 is 1.96 bits per heavy atom. The first-order valence-electron chi connectivity index (χ1n) is 7.46. The van der Waals surface area contributed by atoms with Crippen LogP contribution in [0.5, 0.6) is 5.75 Å². The summed E-state index contributed by atoms with van der Waals surface area (Å²) in [7, 11) is 0. The second-order valence-electron chi connectivity index (χ2n) is 4.87. The SMILES string of the molecule is C=CC(=O)OCC(O)COCCOC(C)COc1ccccc1. The molecular formula is C17H24O6. The summed E-state index contributed by atoms with van der Waals surface area (Å²) in [6, 6.07) is 9.52. The molecule has 1 aromatic carbocycles. The molecule has 0 saturated heterocycles. The fourth-order valence-corrected chi connectivity index (χ4v) is 1.59. The maximum Gasteiger partial charge on any atom is 0.330 e. The molecule has 0 aliphatic carbocycles. The third-order valence-electron chi connectivity index (χ3n) is 2.75. The van der Waals surface area contributed by atoms with Crippen LogP contribution in [0.3, 0.4) is 0 Å². The Kier molecular flexibility index (Phi) is 9.70. The summed E-state index contributed by atoms with van der Waals surface area (Å²) in [5.41, 5.74) is 0. The van der Waals surface area contributed by atoms with Gasteiger partial charge in [-0.25, -0.2) is 4.79 Å². The molecule has 1 rings (SSSR count). The van der Waals surface area contributed by atoms with Crippen molar-refractivity contribution < 1.29 is 28.8 Å². The van der Waals surface area contributed by atoms with Crippen molar-refractivity contribution in [1.82, 2.24) is 0 Å². The average Bonchev–Trinajstić information content (AvgIpc) is 2.58. The minimum Gasteiger partial charge on any atom is -0.491 e. The number of para-hydroxylation sites is 1. The van der Waals surface area contributed by atoms with Gasteiger partial charge in [0.1, 0.15) is 25.1 Å². The molecule has 6 heteroatoms. The number of carbonyl (C=O) groups is 1. The van der Waals surface area contributed by atoms with Gasteiger partial charge in [-0.15, -0.1) is 0 Å². The van der Waals surface area contributed by atoms with Crippen LogP contribution < -0.4 is 4.74 Å². The summed E-state index contributed by atoms with van der Waals surface area (Å²) >= 11 is 0. The van der Waals surface area contributed by atoms with Gasteiger partial charge in [0, 0.05) is 6.08 Å². The number of hydrogen-bond acceptors (Lipinski definition) is 6. The minimum atomic E-state index is -0.863. The van der Waals surface area contributed by atoms with Gasteiger partial charge in [0.05, 0.1) is 25.9 Å². The van der Waals surface area contributed by atoms with E-state index in [1.54, 1.807) is 0 Å². The first-order chi connectivity index (χ1) is 11.1. The maximum absolute atomic E-state index is 10.8. The van der Waals surface area contributed by atoms with Crippen molar-refractivity contribution in [1.29, 1.82) is 0 Å². The summed E-state index contributed by atoms with van der Waals surface area (Å²) in [6.45, 7) is 6.30. The van der Waals surface area contributed by atoms with E-state index in [4.69, 9.17) is 14.2 Å². The molecule has 2 unspecified atom stereocenters. The lowest BCUT2D eigenvalue weighted by Crippen LogP contribution is -2.25. The molecule has 0 bridgehead atoms. The Morgan fingerprint density at radius 3 is 2.65 bits per heavy atom. The average molecular weight is 324 g/mol. The molecule has 2 atom stereocenters. The molecule has 0 heterocycles. The van der Waals surface area contributed by atoms with Gasteiger partial charge in [-0.2, -0.15) is 0 Å². The second-order valence-corrected chi connectivity index (χ2v) is 4.87. The molecule has 0 radical (unpaired) electrons. The van der Waals surface area contributed by atoms with Crippen molar-refractivity contribution in [2.24, 2.45) is 0 Å². The van der Waals surface area contributed by atoms with Gasteiger partial charge in [0.2, 0.25) is 0 Å². The summed E-state index contributed by atoms with van der Waals surface area (Å²) in [6.07, 6.45) is 0.107. The Balaban J connectivity index is 1.99. The zero-order valence-electron chi connectivity index (χ0n) is 13.3. The number of ether oxygens (including phenoxy) is 4. The largest absolute Gasteiger partial charge is 0.491 e. The standard InChI is InChI=1S/C17H24O6/c1-3-17(19)23-13-15(18)12-20-9-10-21-14(2)11-22-16-7-5-4-6-8-16/h3-8,14-15,18H,1,9-13H2,2H3. The van der Waals surface area contributed by atoms with Crippen LogP contribution >= 0.6 is 0 Å². The van der Waals surface area contributed by atoms with Crippen LogP contribution in [0.1, 0.15) is 6.92 Å². The topological polar surface area (TPSA) is 74.2 Å². The van der Waals surface area contributed by atoms with Crippen LogP contribution in [0.15, 0.2) is 43.0 Å². The van der Waals surface area contributed by atoms with Crippen molar-refractivity contribution >= 4 is 5.97 Å². The van der Waals surface area contributed by atoms with Gasteiger partial charge in [-0.1, -0.05) is 24.8 Å². The van der Waals surface area contributed by atoms with E-state index in [1.807, 2.05) is 37.3 Å². The number of aliphatic hydroxyl groups excluding tert-OH is 1. The summed E-state index contributed by atoms with van der Waals surface area (Å²) in [4.78, 5) is 10.8. The van der Waals surface area contributed by atoms with Gasteiger partial charge < -0.3 is 24.1 Å². The van der Waals surface area contributed by atoms with Crippen LogP contribution in [-0.4, -0.2) is 56.3 Å². The zero-order chi connectivity index (χ0) is 16.9. The van der Waals surface area contributed by atoms with E-state index in [1.165, 1.54) is 0 Å². The van der Waals surface area contributed by atoms with Crippen molar-refractivity contribution in [2.75, 3.05) is 33.0 Å². The monoisotopic (exact) mass is 324 g/mol. The maximum atomic E-state index is 10.8. The van der Waals surface area contributed by atoms with E-state index < -0.39 is 12.1 Å². The number of benzene rings is 1. The van der Waals surface area contributed by atoms with E-state index >= 15 is 0 Å². The number of hydrogen-bond donors (Lipinski definition) is 1. The highest BCUT2D eigenvalue weighted by Gasteiger charge is 2.08. The Hall–Kier alpha value is -1.89. The molecule has 0 amide bonds. The Labute approximate surface area is 136 Å². The number of esters is 1. The fourth-order valence-electron chi connectivity index (χ4n) is 1.59. The van der Waals surface area contributed by atoms with Gasteiger partial charge in [0.25, 0.3) is 0 Å². The van der Waals surface area contributed by atoms with E-state index in [9.17, 15) is 9.90 Å². The quantitative estimate of drug-likeness (QED) is 0.357. The smallest absolute Gasteiger partial charge is 0.330 e.